The van der Waals surface area contributed by atoms with Crippen molar-refractivity contribution in [2.75, 3.05) is 37.6 Å². The van der Waals surface area contributed by atoms with Gasteiger partial charge in [-0.2, -0.15) is 15.2 Å². The first-order valence-corrected chi connectivity index (χ1v) is 10.2. The molecular weight excluding hydrogens is 384 g/mol. The third-order valence-corrected chi connectivity index (χ3v) is 5.52. The summed E-state index contributed by atoms with van der Waals surface area (Å²) in [6.07, 6.45) is 1.54. The van der Waals surface area contributed by atoms with Gasteiger partial charge in [0.15, 0.2) is 5.65 Å². The quantitative estimate of drug-likeness (QED) is 0.658. The second-order valence-electron chi connectivity index (χ2n) is 8.75. The van der Waals surface area contributed by atoms with Crippen LogP contribution in [0.1, 0.15) is 26.5 Å². The first kappa shape index (κ1) is 20.3. The Morgan fingerprint density at radius 3 is 2.50 bits per heavy atom. The number of rotatable bonds is 4. The van der Waals surface area contributed by atoms with Crippen molar-refractivity contribution in [1.82, 2.24) is 34.4 Å². The molecule has 160 valence electrons. The van der Waals surface area contributed by atoms with Gasteiger partial charge in [-0.1, -0.05) is 20.8 Å². The highest BCUT2D eigenvalue weighted by Crippen LogP contribution is 2.18. The third kappa shape index (κ3) is 4.00. The molecule has 1 fully saturated rings. The fourth-order valence-corrected chi connectivity index (χ4v) is 3.60. The van der Waals surface area contributed by atoms with Crippen molar-refractivity contribution < 1.29 is 0 Å². The highest BCUT2D eigenvalue weighted by atomic mass is 16.1. The summed E-state index contributed by atoms with van der Waals surface area (Å²) in [6.45, 7) is 10.7. The Bertz CT molecular complexity index is 1160. The van der Waals surface area contributed by atoms with Crippen molar-refractivity contribution >= 4 is 17.0 Å². The molecule has 0 unspecified atom stereocenters. The Balaban J connectivity index is 1.39. The number of nitrogens with zero attached hydrogens (tertiary/aromatic N) is 7. The van der Waals surface area contributed by atoms with Crippen molar-refractivity contribution in [3.8, 4) is 0 Å². The van der Waals surface area contributed by atoms with Crippen molar-refractivity contribution in [3.05, 3.63) is 44.7 Å². The number of fused-ring (bicyclic) bond motifs is 1. The van der Waals surface area contributed by atoms with E-state index in [9.17, 15) is 9.59 Å². The molecule has 1 saturated heterocycles. The van der Waals surface area contributed by atoms with Gasteiger partial charge in [-0.15, -0.1) is 0 Å². The lowest BCUT2D eigenvalue weighted by atomic mass is 9.92. The van der Waals surface area contributed by atoms with Gasteiger partial charge >= 0.3 is 0 Å². The first-order chi connectivity index (χ1) is 14.2. The molecular formula is C20H28N8O2. The fraction of sp³-hybridized carbons (Fsp3) is 0.550. The number of aromatic amines is 1. The zero-order valence-corrected chi connectivity index (χ0v) is 17.9. The highest BCUT2D eigenvalue weighted by molar-refractivity contribution is 5.74. The number of aryl methyl sites for hydroxylation is 1. The molecule has 30 heavy (non-hydrogen) atoms. The lowest BCUT2D eigenvalue weighted by Gasteiger charge is -2.34. The number of nitrogens with one attached hydrogen (secondary N) is 1. The largest absolute Gasteiger partial charge is 0.340 e. The number of hydrogen-bond donors (Lipinski definition) is 1. The maximum absolute atomic E-state index is 12.3. The van der Waals surface area contributed by atoms with E-state index in [1.807, 2.05) is 6.07 Å². The van der Waals surface area contributed by atoms with Crippen molar-refractivity contribution in [1.29, 1.82) is 0 Å². The summed E-state index contributed by atoms with van der Waals surface area (Å²) in [7, 11) is 1.78. The van der Waals surface area contributed by atoms with Crippen LogP contribution in [0.25, 0.3) is 11.0 Å². The summed E-state index contributed by atoms with van der Waals surface area (Å²) in [5, 5.41) is 9.15. The van der Waals surface area contributed by atoms with Gasteiger partial charge in [-0.25, -0.2) is 4.68 Å². The van der Waals surface area contributed by atoms with Crippen molar-refractivity contribution in [2.45, 2.75) is 32.7 Å². The van der Waals surface area contributed by atoms with E-state index in [4.69, 9.17) is 0 Å². The van der Waals surface area contributed by atoms with Crippen molar-refractivity contribution in [2.24, 2.45) is 7.05 Å². The molecule has 0 atom stereocenters. The van der Waals surface area contributed by atoms with Crippen LogP contribution in [-0.4, -0.2) is 67.2 Å². The topological polar surface area (TPSA) is 105 Å². The highest BCUT2D eigenvalue weighted by Gasteiger charge is 2.21. The standard InChI is InChI=1S/C20H28N8O2/c1-20(2,3)15-5-6-16(29)28(24-15)12-9-26-7-10-27(11-8-26)19-22-17-14(18(30)23-19)13-21-25(17)4/h5-6,13H,7-12H2,1-4H3,(H,22,23,30). The van der Waals surface area contributed by atoms with Gasteiger partial charge in [0.05, 0.1) is 18.4 Å². The molecule has 0 aliphatic carbocycles. The Labute approximate surface area is 174 Å². The summed E-state index contributed by atoms with van der Waals surface area (Å²) in [6, 6.07) is 3.41. The minimum Gasteiger partial charge on any atom is -0.340 e. The molecule has 4 heterocycles. The molecule has 0 bridgehead atoms. The van der Waals surface area contributed by atoms with Gasteiger partial charge in [0.25, 0.3) is 11.1 Å². The summed E-state index contributed by atoms with van der Waals surface area (Å²) in [5.41, 5.74) is 1.15. The van der Waals surface area contributed by atoms with Gasteiger partial charge in [0.1, 0.15) is 5.39 Å². The Hall–Kier alpha value is -3.01. The van der Waals surface area contributed by atoms with Gasteiger partial charge in [-0.3, -0.25) is 24.2 Å². The van der Waals surface area contributed by atoms with Crippen LogP contribution in [0.4, 0.5) is 5.95 Å². The van der Waals surface area contributed by atoms with E-state index in [0.29, 0.717) is 23.5 Å². The molecule has 10 heteroatoms. The van der Waals surface area contributed by atoms with Crippen LogP contribution < -0.4 is 16.0 Å². The number of hydrogen-bond acceptors (Lipinski definition) is 7. The van der Waals surface area contributed by atoms with Crippen LogP contribution in [0, 0.1) is 0 Å². The second-order valence-corrected chi connectivity index (χ2v) is 8.75. The third-order valence-electron chi connectivity index (χ3n) is 5.52. The Morgan fingerprint density at radius 1 is 1.07 bits per heavy atom. The molecule has 0 spiro atoms. The lowest BCUT2D eigenvalue weighted by Crippen LogP contribution is -2.48. The monoisotopic (exact) mass is 412 g/mol. The van der Waals surface area contributed by atoms with Gasteiger partial charge in [0, 0.05) is 51.3 Å². The van der Waals surface area contributed by atoms with Crippen LogP contribution in [-0.2, 0) is 19.0 Å². The molecule has 0 amide bonds. The molecule has 3 aromatic rings. The van der Waals surface area contributed by atoms with Crippen LogP contribution in [0.2, 0.25) is 0 Å². The van der Waals surface area contributed by atoms with Crippen molar-refractivity contribution in [3.63, 3.8) is 0 Å². The van der Waals surface area contributed by atoms with E-state index in [1.54, 1.807) is 22.5 Å². The maximum Gasteiger partial charge on any atom is 0.266 e. The molecule has 0 aromatic carbocycles. The smallest absolute Gasteiger partial charge is 0.266 e. The van der Waals surface area contributed by atoms with Gasteiger partial charge < -0.3 is 4.90 Å². The summed E-state index contributed by atoms with van der Waals surface area (Å²) in [4.78, 5) is 36.3. The zero-order valence-electron chi connectivity index (χ0n) is 17.9. The molecule has 1 aliphatic heterocycles. The van der Waals surface area contributed by atoms with E-state index in [2.05, 4.69) is 50.7 Å². The normalized spacial score (nSPS) is 15.8. The SMILES string of the molecule is Cn1ncc2c(=O)[nH]c(N3CCN(CCn4nc(C(C)(C)C)ccc4=O)CC3)nc21. The first-order valence-electron chi connectivity index (χ1n) is 10.2. The Morgan fingerprint density at radius 2 is 1.80 bits per heavy atom. The summed E-state index contributed by atoms with van der Waals surface area (Å²) < 4.78 is 3.17. The van der Waals surface area contributed by atoms with Crippen LogP contribution in [0.5, 0.6) is 0 Å². The molecule has 3 aromatic heterocycles. The molecule has 0 saturated carbocycles. The molecule has 0 radical (unpaired) electrons. The molecule has 10 nitrogen and oxygen atoms in total. The summed E-state index contributed by atoms with van der Waals surface area (Å²) in [5.74, 6) is 0.575. The molecule has 4 rings (SSSR count). The van der Waals surface area contributed by atoms with Crippen LogP contribution >= 0.6 is 0 Å². The maximum atomic E-state index is 12.3. The van der Waals surface area contributed by atoms with Gasteiger partial charge in [-0.05, 0) is 6.07 Å². The minimum absolute atomic E-state index is 0.0760. The van der Waals surface area contributed by atoms with Crippen LogP contribution in [0.3, 0.4) is 0 Å². The predicted molar refractivity (Wildman–Crippen MR) is 115 cm³/mol. The van der Waals surface area contributed by atoms with Gasteiger partial charge in [0.2, 0.25) is 5.95 Å². The van der Waals surface area contributed by atoms with Crippen LogP contribution in [0.15, 0.2) is 27.9 Å². The number of piperazine rings is 1. The van der Waals surface area contributed by atoms with E-state index >= 15 is 0 Å². The van der Waals surface area contributed by atoms with E-state index in [0.717, 1.165) is 38.4 Å². The Kier molecular flexibility index (Phi) is 5.19. The fourth-order valence-electron chi connectivity index (χ4n) is 3.60. The zero-order chi connectivity index (χ0) is 21.5. The van der Waals surface area contributed by atoms with E-state index < -0.39 is 0 Å². The second kappa shape index (κ2) is 7.67. The average Bonchev–Trinajstić information content (AvgIpc) is 3.08. The molecule has 1 aliphatic rings. The van der Waals surface area contributed by atoms with E-state index in [-0.39, 0.29) is 16.5 Å². The van der Waals surface area contributed by atoms with E-state index in [1.165, 1.54) is 6.20 Å². The number of aromatic nitrogens is 6. The summed E-state index contributed by atoms with van der Waals surface area (Å²) >= 11 is 0. The number of anilines is 1. The minimum atomic E-state index is -0.172. The number of H-pyrrole nitrogens is 1. The predicted octanol–water partition coefficient (Wildman–Crippen LogP) is 0.333. The molecule has 1 N–H and O–H groups in total. The average molecular weight is 412 g/mol. The lowest BCUT2D eigenvalue weighted by molar-refractivity contribution is 0.241.